The topological polar surface area (TPSA) is 29.5 Å². The molecule has 0 aliphatic heterocycles. The van der Waals surface area contributed by atoms with Gasteiger partial charge in [-0.2, -0.15) is 0 Å². The minimum Gasteiger partial charge on any atom is -0.410 e. The van der Waals surface area contributed by atoms with Crippen molar-refractivity contribution in [1.29, 1.82) is 0 Å². The lowest BCUT2D eigenvalue weighted by Gasteiger charge is -2.22. The maximum Gasteiger partial charge on any atom is 0.415 e. The van der Waals surface area contributed by atoms with E-state index in [0.29, 0.717) is 5.75 Å². The molecule has 0 saturated carbocycles. The third-order valence-electron chi connectivity index (χ3n) is 7.27. The SMILES string of the molecule is CCCCCCCCCCCCCCCCCCN(CCCCCCCC)C(=O)Oc1ccccc1. The molecule has 0 aliphatic carbocycles. The molecule has 3 heteroatoms. The van der Waals surface area contributed by atoms with Gasteiger partial charge in [0.1, 0.15) is 5.75 Å². The highest BCUT2D eigenvalue weighted by Crippen LogP contribution is 2.15. The van der Waals surface area contributed by atoms with Gasteiger partial charge in [0.05, 0.1) is 0 Å². The maximum atomic E-state index is 12.8. The van der Waals surface area contributed by atoms with E-state index in [2.05, 4.69) is 13.8 Å². The summed E-state index contributed by atoms with van der Waals surface area (Å²) >= 11 is 0. The van der Waals surface area contributed by atoms with E-state index in [4.69, 9.17) is 4.74 Å². The van der Waals surface area contributed by atoms with Gasteiger partial charge in [-0.15, -0.1) is 0 Å². The van der Waals surface area contributed by atoms with E-state index in [1.54, 1.807) is 0 Å². The monoisotopic (exact) mass is 501 g/mol. The second-order valence-electron chi connectivity index (χ2n) is 10.7. The summed E-state index contributed by atoms with van der Waals surface area (Å²) in [5.41, 5.74) is 0. The Morgan fingerprint density at radius 2 is 0.861 bits per heavy atom. The van der Waals surface area contributed by atoms with Crippen molar-refractivity contribution >= 4 is 6.09 Å². The lowest BCUT2D eigenvalue weighted by atomic mass is 10.0. The molecule has 1 aromatic rings. The molecule has 0 radical (unpaired) electrons. The van der Waals surface area contributed by atoms with Crippen LogP contribution in [0.4, 0.5) is 4.79 Å². The van der Waals surface area contributed by atoms with E-state index < -0.39 is 0 Å². The van der Waals surface area contributed by atoms with Gasteiger partial charge >= 0.3 is 6.09 Å². The second kappa shape index (κ2) is 25.2. The molecule has 36 heavy (non-hydrogen) atoms. The fourth-order valence-corrected chi connectivity index (χ4v) is 4.88. The number of hydrogen-bond donors (Lipinski definition) is 0. The highest BCUT2D eigenvalue weighted by molar-refractivity contribution is 5.70. The van der Waals surface area contributed by atoms with Crippen LogP contribution in [0.15, 0.2) is 30.3 Å². The molecule has 0 N–H and O–H groups in total. The van der Waals surface area contributed by atoms with Gasteiger partial charge in [0.25, 0.3) is 0 Å². The predicted molar refractivity (Wildman–Crippen MR) is 157 cm³/mol. The molecule has 0 aromatic heterocycles. The van der Waals surface area contributed by atoms with Crippen LogP contribution in [0.25, 0.3) is 0 Å². The second-order valence-corrected chi connectivity index (χ2v) is 10.7. The first-order valence-corrected chi connectivity index (χ1v) is 15.8. The summed E-state index contributed by atoms with van der Waals surface area (Å²) in [5.74, 6) is 0.641. The fourth-order valence-electron chi connectivity index (χ4n) is 4.88. The minimum absolute atomic E-state index is 0.185. The van der Waals surface area contributed by atoms with Crippen LogP contribution in [0.2, 0.25) is 0 Å². The molecule has 0 unspecified atom stereocenters. The van der Waals surface area contributed by atoms with Crippen molar-refractivity contribution in [2.75, 3.05) is 13.1 Å². The van der Waals surface area contributed by atoms with Crippen LogP contribution in [0.5, 0.6) is 5.75 Å². The van der Waals surface area contributed by atoms with Crippen LogP contribution < -0.4 is 4.74 Å². The Balaban J connectivity index is 2.09. The summed E-state index contributed by atoms with van der Waals surface area (Å²) in [7, 11) is 0. The van der Waals surface area contributed by atoms with Crippen LogP contribution in [-0.4, -0.2) is 24.1 Å². The summed E-state index contributed by atoms with van der Waals surface area (Å²) in [6.07, 6.45) is 29.2. The van der Waals surface area contributed by atoms with Gasteiger partial charge in [0.2, 0.25) is 0 Å². The number of amides is 1. The number of para-hydroxylation sites is 1. The zero-order chi connectivity index (χ0) is 25.9. The lowest BCUT2D eigenvalue weighted by molar-refractivity contribution is 0.150. The van der Waals surface area contributed by atoms with Crippen molar-refractivity contribution in [3.05, 3.63) is 30.3 Å². The van der Waals surface area contributed by atoms with Crippen molar-refractivity contribution in [2.24, 2.45) is 0 Å². The van der Waals surface area contributed by atoms with Crippen molar-refractivity contribution in [3.8, 4) is 5.75 Å². The Morgan fingerprint density at radius 3 is 1.22 bits per heavy atom. The Kier molecular flexibility index (Phi) is 22.7. The van der Waals surface area contributed by atoms with Gasteiger partial charge in [0, 0.05) is 13.1 Å². The molecule has 1 rings (SSSR count). The first-order valence-electron chi connectivity index (χ1n) is 15.8. The molecule has 0 fully saturated rings. The molecule has 0 heterocycles. The van der Waals surface area contributed by atoms with Crippen molar-refractivity contribution in [3.63, 3.8) is 0 Å². The Bertz CT molecular complexity index is 589. The maximum absolute atomic E-state index is 12.8. The molecule has 0 spiro atoms. The van der Waals surface area contributed by atoms with Crippen LogP contribution in [0.3, 0.4) is 0 Å². The third kappa shape index (κ3) is 19.7. The summed E-state index contributed by atoms with van der Waals surface area (Å²) in [6.45, 7) is 6.17. The molecule has 0 bridgehead atoms. The first kappa shape index (κ1) is 32.5. The van der Waals surface area contributed by atoms with Gasteiger partial charge in [-0.05, 0) is 25.0 Å². The fraction of sp³-hybridized carbons (Fsp3) is 0.788. The largest absolute Gasteiger partial charge is 0.415 e. The summed E-state index contributed by atoms with van der Waals surface area (Å²) < 4.78 is 5.64. The molecule has 1 aromatic carbocycles. The Labute approximate surface area is 224 Å². The number of hydrogen-bond acceptors (Lipinski definition) is 2. The van der Waals surface area contributed by atoms with E-state index in [1.807, 2.05) is 35.2 Å². The number of rotatable bonds is 25. The van der Waals surface area contributed by atoms with Gasteiger partial charge in [0.15, 0.2) is 0 Å². The summed E-state index contributed by atoms with van der Waals surface area (Å²) in [5, 5.41) is 0. The zero-order valence-corrected chi connectivity index (χ0v) is 24.1. The van der Waals surface area contributed by atoms with Crippen molar-refractivity contribution < 1.29 is 9.53 Å². The summed E-state index contributed by atoms with van der Waals surface area (Å²) in [4.78, 5) is 14.7. The molecule has 3 nitrogen and oxygen atoms in total. The number of nitrogens with zero attached hydrogens (tertiary/aromatic N) is 1. The molecular formula is C33H59NO2. The van der Waals surface area contributed by atoms with Gasteiger partial charge < -0.3 is 9.64 Å². The average molecular weight is 502 g/mol. The lowest BCUT2D eigenvalue weighted by Crippen LogP contribution is -2.35. The van der Waals surface area contributed by atoms with Gasteiger partial charge in [-0.25, -0.2) is 4.79 Å². The van der Waals surface area contributed by atoms with Crippen molar-refractivity contribution in [1.82, 2.24) is 4.90 Å². The van der Waals surface area contributed by atoms with Crippen LogP contribution in [-0.2, 0) is 0 Å². The number of carbonyl (C=O) groups is 1. The molecular weight excluding hydrogens is 442 g/mol. The standard InChI is InChI=1S/C33H59NO2/c1-3-5-7-9-11-12-13-14-15-16-17-18-19-20-22-27-31-34(30-26-21-10-8-6-4-2)33(35)36-32-28-24-23-25-29-32/h23-25,28-29H,3-22,26-27,30-31H2,1-2H3. The van der Waals surface area contributed by atoms with E-state index >= 15 is 0 Å². The van der Waals surface area contributed by atoms with E-state index in [-0.39, 0.29) is 6.09 Å². The first-order chi connectivity index (χ1) is 17.8. The van der Waals surface area contributed by atoms with Crippen LogP contribution in [0, 0.1) is 0 Å². The number of benzene rings is 1. The van der Waals surface area contributed by atoms with Crippen LogP contribution in [0.1, 0.15) is 155 Å². The summed E-state index contributed by atoms with van der Waals surface area (Å²) in [6, 6.07) is 9.49. The molecule has 208 valence electrons. The molecule has 0 saturated heterocycles. The zero-order valence-electron chi connectivity index (χ0n) is 24.1. The van der Waals surface area contributed by atoms with E-state index in [1.165, 1.54) is 128 Å². The highest BCUT2D eigenvalue weighted by Gasteiger charge is 2.15. The minimum atomic E-state index is -0.185. The number of ether oxygens (including phenoxy) is 1. The Hall–Kier alpha value is -1.51. The van der Waals surface area contributed by atoms with Gasteiger partial charge in [-0.1, -0.05) is 160 Å². The number of unbranched alkanes of at least 4 members (excludes halogenated alkanes) is 20. The van der Waals surface area contributed by atoms with E-state index in [9.17, 15) is 4.79 Å². The Morgan fingerprint density at radius 1 is 0.528 bits per heavy atom. The smallest absolute Gasteiger partial charge is 0.410 e. The number of carbonyl (C=O) groups excluding carboxylic acids is 1. The molecule has 0 atom stereocenters. The van der Waals surface area contributed by atoms with Gasteiger partial charge in [-0.3, -0.25) is 0 Å². The molecule has 0 aliphatic rings. The average Bonchev–Trinajstić information content (AvgIpc) is 2.89. The van der Waals surface area contributed by atoms with Crippen LogP contribution >= 0.6 is 0 Å². The third-order valence-corrected chi connectivity index (χ3v) is 7.27. The molecule has 1 amide bonds. The quantitative estimate of drug-likeness (QED) is 0.125. The normalized spacial score (nSPS) is 11.1. The van der Waals surface area contributed by atoms with E-state index in [0.717, 1.165) is 25.9 Å². The predicted octanol–water partition coefficient (Wildman–Crippen LogP) is 11.1. The highest BCUT2D eigenvalue weighted by atomic mass is 16.6. The van der Waals surface area contributed by atoms with Crippen molar-refractivity contribution in [2.45, 2.75) is 155 Å².